The SMILES string of the molecule is CC1Cc2ccccc2N1c1cc(N(C)CCc2ccncc2)ncn1. The zero-order valence-corrected chi connectivity index (χ0v) is 15.2. The van der Waals surface area contributed by atoms with Crippen molar-refractivity contribution < 1.29 is 0 Å². The Morgan fingerprint density at radius 1 is 1.12 bits per heavy atom. The highest BCUT2D eigenvalue weighted by Gasteiger charge is 2.28. The molecule has 3 heterocycles. The zero-order valence-electron chi connectivity index (χ0n) is 15.2. The van der Waals surface area contributed by atoms with Gasteiger partial charge in [-0.1, -0.05) is 18.2 Å². The standard InChI is InChI=1S/C21H23N5/c1-16-13-18-5-3-4-6-19(18)26(16)21-14-20(23-15-24-21)25(2)12-9-17-7-10-22-11-8-17/h3-8,10-11,14-16H,9,12-13H2,1-2H3. The van der Waals surface area contributed by atoms with E-state index in [1.54, 1.807) is 6.33 Å². The van der Waals surface area contributed by atoms with Gasteiger partial charge in [0.15, 0.2) is 0 Å². The fourth-order valence-electron chi connectivity index (χ4n) is 3.55. The minimum Gasteiger partial charge on any atom is -0.359 e. The molecular weight excluding hydrogens is 322 g/mol. The van der Waals surface area contributed by atoms with Crippen LogP contribution in [-0.4, -0.2) is 34.6 Å². The Bertz CT molecular complexity index is 880. The van der Waals surface area contributed by atoms with Crippen LogP contribution in [-0.2, 0) is 12.8 Å². The highest BCUT2D eigenvalue weighted by atomic mass is 15.3. The molecule has 0 fully saturated rings. The average Bonchev–Trinajstić information content (AvgIpc) is 3.02. The second-order valence-electron chi connectivity index (χ2n) is 6.81. The van der Waals surface area contributed by atoms with Gasteiger partial charge in [0.25, 0.3) is 0 Å². The Kier molecular flexibility index (Phi) is 4.52. The van der Waals surface area contributed by atoms with Gasteiger partial charge in [0.05, 0.1) is 0 Å². The summed E-state index contributed by atoms with van der Waals surface area (Å²) < 4.78 is 0. The van der Waals surface area contributed by atoms with Gasteiger partial charge in [-0.2, -0.15) is 0 Å². The van der Waals surface area contributed by atoms with E-state index >= 15 is 0 Å². The molecule has 1 aliphatic rings. The van der Waals surface area contributed by atoms with E-state index < -0.39 is 0 Å². The molecule has 2 aromatic heterocycles. The van der Waals surface area contributed by atoms with E-state index in [4.69, 9.17) is 0 Å². The summed E-state index contributed by atoms with van der Waals surface area (Å²) in [4.78, 5) is 17.6. The highest BCUT2D eigenvalue weighted by molar-refractivity contribution is 5.70. The molecule has 0 bridgehead atoms. The molecule has 5 heteroatoms. The fourth-order valence-corrected chi connectivity index (χ4v) is 3.55. The van der Waals surface area contributed by atoms with Gasteiger partial charge < -0.3 is 9.80 Å². The van der Waals surface area contributed by atoms with Crippen molar-refractivity contribution in [3.63, 3.8) is 0 Å². The van der Waals surface area contributed by atoms with Crippen molar-refractivity contribution in [2.75, 3.05) is 23.4 Å². The van der Waals surface area contributed by atoms with Gasteiger partial charge >= 0.3 is 0 Å². The topological polar surface area (TPSA) is 45.2 Å². The molecule has 0 N–H and O–H groups in total. The Balaban J connectivity index is 1.53. The lowest BCUT2D eigenvalue weighted by molar-refractivity contribution is 0.747. The van der Waals surface area contributed by atoms with E-state index in [2.05, 4.69) is 81.2 Å². The van der Waals surface area contributed by atoms with Crippen molar-refractivity contribution >= 4 is 17.3 Å². The van der Waals surface area contributed by atoms with Gasteiger partial charge in [-0.3, -0.25) is 4.98 Å². The maximum absolute atomic E-state index is 4.55. The molecule has 26 heavy (non-hydrogen) atoms. The number of hydrogen-bond acceptors (Lipinski definition) is 5. The number of anilines is 3. The fraction of sp³-hybridized carbons (Fsp3) is 0.286. The average molecular weight is 345 g/mol. The van der Waals surface area contributed by atoms with Crippen molar-refractivity contribution in [1.29, 1.82) is 0 Å². The molecule has 3 aromatic rings. The van der Waals surface area contributed by atoms with E-state index in [0.29, 0.717) is 6.04 Å². The number of rotatable bonds is 5. The van der Waals surface area contributed by atoms with Gasteiger partial charge in [0, 0.05) is 43.8 Å². The van der Waals surface area contributed by atoms with Crippen LogP contribution in [0.2, 0.25) is 0 Å². The number of nitrogens with zero attached hydrogens (tertiary/aromatic N) is 5. The van der Waals surface area contributed by atoms with E-state index in [9.17, 15) is 0 Å². The van der Waals surface area contributed by atoms with Crippen LogP contribution in [0.3, 0.4) is 0 Å². The zero-order chi connectivity index (χ0) is 17.9. The van der Waals surface area contributed by atoms with E-state index in [0.717, 1.165) is 31.0 Å². The van der Waals surface area contributed by atoms with Crippen LogP contribution in [0.5, 0.6) is 0 Å². The molecule has 1 aromatic carbocycles. The third-order valence-electron chi connectivity index (χ3n) is 4.97. The first-order valence-electron chi connectivity index (χ1n) is 9.01. The van der Waals surface area contributed by atoms with Gasteiger partial charge in [-0.15, -0.1) is 0 Å². The normalized spacial score (nSPS) is 15.8. The number of benzene rings is 1. The van der Waals surface area contributed by atoms with Gasteiger partial charge in [-0.05, 0) is 49.1 Å². The number of hydrogen-bond donors (Lipinski definition) is 0. The molecule has 0 saturated heterocycles. The van der Waals surface area contributed by atoms with Crippen molar-refractivity contribution in [2.24, 2.45) is 0 Å². The number of likely N-dealkylation sites (N-methyl/N-ethyl adjacent to an activating group) is 1. The van der Waals surface area contributed by atoms with Gasteiger partial charge in [0.1, 0.15) is 18.0 Å². The summed E-state index contributed by atoms with van der Waals surface area (Å²) in [6.07, 6.45) is 7.35. The second-order valence-corrected chi connectivity index (χ2v) is 6.81. The van der Waals surface area contributed by atoms with Crippen molar-refractivity contribution in [1.82, 2.24) is 15.0 Å². The summed E-state index contributed by atoms with van der Waals surface area (Å²) in [5, 5.41) is 0. The highest BCUT2D eigenvalue weighted by Crippen LogP contribution is 2.37. The maximum atomic E-state index is 4.55. The van der Waals surface area contributed by atoms with Crippen LogP contribution in [0.25, 0.3) is 0 Å². The lowest BCUT2D eigenvalue weighted by Gasteiger charge is -2.25. The predicted octanol–water partition coefficient (Wildman–Crippen LogP) is 3.63. The van der Waals surface area contributed by atoms with Crippen LogP contribution in [0.15, 0.2) is 61.2 Å². The third kappa shape index (κ3) is 3.25. The first-order chi connectivity index (χ1) is 12.7. The number of fused-ring (bicyclic) bond motifs is 1. The molecule has 0 saturated carbocycles. The van der Waals surface area contributed by atoms with Crippen molar-refractivity contribution in [2.45, 2.75) is 25.8 Å². The van der Waals surface area contributed by atoms with Crippen molar-refractivity contribution in [3.8, 4) is 0 Å². The van der Waals surface area contributed by atoms with Gasteiger partial charge in [-0.25, -0.2) is 9.97 Å². The molecule has 0 spiro atoms. The molecule has 1 atom stereocenters. The van der Waals surface area contributed by atoms with Crippen LogP contribution >= 0.6 is 0 Å². The first kappa shape index (κ1) is 16.5. The van der Waals surface area contributed by atoms with E-state index in [1.165, 1.54) is 16.8 Å². The Morgan fingerprint density at radius 2 is 1.92 bits per heavy atom. The molecule has 1 aliphatic heterocycles. The van der Waals surface area contributed by atoms with Crippen LogP contribution in [0.1, 0.15) is 18.1 Å². The molecule has 132 valence electrons. The molecule has 1 unspecified atom stereocenters. The minimum absolute atomic E-state index is 0.400. The summed E-state index contributed by atoms with van der Waals surface area (Å²) in [6, 6.07) is 15.2. The largest absolute Gasteiger partial charge is 0.359 e. The van der Waals surface area contributed by atoms with Crippen LogP contribution < -0.4 is 9.80 Å². The Hall–Kier alpha value is -2.95. The Labute approximate surface area is 154 Å². The lowest BCUT2D eigenvalue weighted by Crippen LogP contribution is -2.26. The summed E-state index contributed by atoms with van der Waals surface area (Å²) in [6.45, 7) is 3.14. The molecule has 4 rings (SSSR count). The molecule has 0 amide bonds. The maximum Gasteiger partial charge on any atom is 0.138 e. The van der Waals surface area contributed by atoms with Crippen LogP contribution in [0, 0.1) is 0 Å². The summed E-state index contributed by atoms with van der Waals surface area (Å²) in [5.74, 6) is 1.91. The minimum atomic E-state index is 0.400. The number of aromatic nitrogens is 3. The molecular formula is C21H23N5. The number of pyridine rings is 1. The third-order valence-corrected chi connectivity index (χ3v) is 4.97. The van der Waals surface area contributed by atoms with Gasteiger partial charge in [0.2, 0.25) is 0 Å². The second kappa shape index (κ2) is 7.12. The number of para-hydroxylation sites is 1. The van der Waals surface area contributed by atoms with E-state index in [1.807, 2.05) is 12.4 Å². The monoisotopic (exact) mass is 345 g/mol. The van der Waals surface area contributed by atoms with E-state index in [-0.39, 0.29) is 0 Å². The lowest BCUT2D eigenvalue weighted by atomic mass is 10.1. The predicted molar refractivity (Wildman–Crippen MR) is 105 cm³/mol. The quantitative estimate of drug-likeness (QED) is 0.706. The molecule has 0 radical (unpaired) electrons. The molecule has 5 nitrogen and oxygen atoms in total. The smallest absolute Gasteiger partial charge is 0.138 e. The summed E-state index contributed by atoms with van der Waals surface area (Å²) >= 11 is 0. The van der Waals surface area contributed by atoms with Crippen molar-refractivity contribution in [3.05, 3.63) is 72.3 Å². The summed E-state index contributed by atoms with van der Waals surface area (Å²) in [7, 11) is 2.08. The summed E-state index contributed by atoms with van der Waals surface area (Å²) in [5.41, 5.74) is 3.92. The first-order valence-corrected chi connectivity index (χ1v) is 9.01. The van der Waals surface area contributed by atoms with Crippen LogP contribution in [0.4, 0.5) is 17.3 Å². The Morgan fingerprint density at radius 3 is 2.77 bits per heavy atom. The molecule has 0 aliphatic carbocycles.